The van der Waals surface area contributed by atoms with Crippen LogP contribution in [0.5, 0.6) is 0 Å². The Morgan fingerprint density at radius 3 is 0.714 bits per heavy atom. The molecule has 0 saturated heterocycles. The second-order valence-corrected chi connectivity index (χ2v) is 6.80. The summed E-state index contributed by atoms with van der Waals surface area (Å²) in [5.41, 5.74) is 3.91. The van der Waals surface area contributed by atoms with Crippen LogP contribution in [-0.2, 0) is 34.1 Å². The number of rotatable bonds is 0. The molecule has 0 fully saturated rings. The van der Waals surface area contributed by atoms with E-state index in [0.717, 1.165) is 43.6 Å². The first kappa shape index (κ1) is 38.4. The Bertz CT molecular complexity index is 1560. The number of pyridine rings is 4. The molecule has 0 saturated carbocycles. The van der Waals surface area contributed by atoms with Crippen molar-refractivity contribution in [2.45, 2.75) is 0 Å². The van der Waals surface area contributed by atoms with Crippen LogP contribution < -0.4 is 20.4 Å². The molecule has 0 aliphatic rings. The van der Waals surface area contributed by atoms with Crippen LogP contribution in [0.25, 0.3) is 43.6 Å². The van der Waals surface area contributed by atoms with Crippen LogP contribution in [0.4, 0.5) is 0 Å². The normalized spacial score (nSPS) is 7.90. The average molecular weight is 656 g/mol. The monoisotopic (exact) mass is 654 g/mol. The standard InChI is InChI=1S/2C12H8N2.4CHNO.2Cu/c2*1-3-9-5-6-10-4-2-8-14-12(10)11(9)13-7-1;4*2-1-3;;/h2*1-8H;4*3H;;/q;;;;;;2*+2/p-4. The molecule has 0 unspecified atom stereocenters. The summed E-state index contributed by atoms with van der Waals surface area (Å²) in [5, 5.41) is 64.6. The van der Waals surface area contributed by atoms with Crippen molar-refractivity contribution in [2.24, 2.45) is 0 Å². The zero-order valence-corrected chi connectivity index (χ0v) is 22.9. The number of nitriles is 4. The van der Waals surface area contributed by atoms with E-state index >= 15 is 0 Å². The first-order valence-electron chi connectivity index (χ1n) is 10.8. The molecule has 4 heterocycles. The fourth-order valence-electron chi connectivity index (χ4n) is 3.36. The van der Waals surface area contributed by atoms with Crippen LogP contribution in [0.2, 0.25) is 0 Å². The first-order valence-corrected chi connectivity index (χ1v) is 10.8. The molecule has 0 spiro atoms. The SMILES string of the molecule is N#C[O-].N#C[O-].N#C[O-].N#C[O-].[Cu+2].[Cu+2].c1cnc2c(c1)ccc1cccnc12.c1cnc2c(c1)ccc1cccnc12. The van der Waals surface area contributed by atoms with E-state index in [4.69, 9.17) is 41.5 Å². The molecule has 0 amide bonds. The largest absolute Gasteiger partial charge is 2.00 e. The first-order chi connectivity index (χ1) is 19.6. The van der Waals surface area contributed by atoms with Crippen molar-refractivity contribution >= 4 is 43.6 Å². The number of nitrogens with zero attached hydrogens (tertiary/aromatic N) is 8. The van der Waals surface area contributed by atoms with Crippen molar-refractivity contribution in [3.63, 3.8) is 0 Å². The molecular weight excluding hydrogens is 639 g/mol. The van der Waals surface area contributed by atoms with Crippen molar-refractivity contribution in [3.8, 4) is 25.0 Å². The van der Waals surface area contributed by atoms with Gasteiger partial charge in [-0.15, -0.1) is 0 Å². The average Bonchev–Trinajstić information content (AvgIpc) is 2.99. The van der Waals surface area contributed by atoms with Crippen molar-refractivity contribution < 1.29 is 54.6 Å². The van der Waals surface area contributed by atoms with Gasteiger partial charge in [-0.3, -0.25) is 19.9 Å². The van der Waals surface area contributed by atoms with E-state index in [1.807, 2.05) is 24.3 Å². The summed E-state index contributed by atoms with van der Waals surface area (Å²) < 4.78 is 0. The van der Waals surface area contributed by atoms with Gasteiger partial charge in [-0.1, -0.05) is 48.5 Å². The van der Waals surface area contributed by atoms with Crippen LogP contribution in [0.15, 0.2) is 97.6 Å². The van der Waals surface area contributed by atoms with Gasteiger partial charge in [0.1, 0.15) is 0 Å². The predicted octanol–water partition coefficient (Wildman–Crippen LogP) is 0.872. The minimum absolute atomic E-state index is 0. The smallest absolute Gasteiger partial charge is 0.812 e. The van der Waals surface area contributed by atoms with Crippen molar-refractivity contribution in [1.82, 2.24) is 19.9 Å². The molecule has 14 heteroatoms. The molecule has 6 aromatic rings. The Morgan fingerprint density at radius 1 is 0.381 bits per heavy atom. The third kappa shape index (κ3) is 12.0. The molecular formula is C28H16Cu2N8O4. The van der Waals surface area contributed by atoms with Crippen LogP contribution in [0.3, 0.4) is 0 Å². The number of fused-ring (bicyclic) bond motifs is 6. The van der Waals surface area contributed by atoms with E-state index < -0.39 is 0 Å². The van der Waals surface area contributed by atoms with Crippen LogP contribution in [-0.4, -0.2) is 19.9 Å². The summed E-state index contributed by atoms with van der Waals surface area (Å²) in [6.45, 7) is 0. The van der Waals surface area contributed by atoms with Gasteiger partial charge in [0.05, 0.1) is 22.1 Å². The maximum atomic E-state index is 8.24. The van der Waals surface area contributed by atoms with E-state index in [0.29, 0.717) is 25.0 Å². The zero-order valence-electron chi connectivity index (χ0n) is 21.1. The van der Waals surface area contributed by atoms with Crippen LogP contribution in [0.1, 0.15) is 0 Å². The topological polar surface area (TPSA) is 239 Å². The van der Waals surface area contributed by atoms with E-state index in [1.54, 1.807) is 24.8 Å². The molecule has 214 valence electrons. The molecule has 2 aromatic carbocycles. The molecule has 6 rings (SSSR count). The van der Waals surface area contributed by atoms with Crippen molar-refractivity contribution in [2.75, 3.05) is 0 Å². The Kier molecular flexibility index (Phi) is 21.2. The molecule has 4 aromatic heterocycles. The van der Waals surface area contributed by atoms with Gasteiger partial charge in [-0.2, -0.15) is 0 Å². The molecule has 0 atom stereocenters. The van der Waals surface area contributed by atoms with Gasteiger partial charge in [-0.05, 0) is 24.3 Å². The summed E-state index contributed by atoms with van der Waals surface area (Å²) in [5.74, 6) is 0. The van der Waals surface area contributed by atoms with Gasteiger partial charge >= 0.3 is 34.1 Å². The minimum Gasteiger partial charge on any atom is -0.812 e. The van der Waals surface area contributed by atoms with Crippen LogP contribution >= 0.6 is 0 Å². The third-order valence-electron chi connectivity index (χ3n) is 4.69. The Morgan fingerprint density at radius 2 is 0.548 bits per heavy atom. The second kappa shape index (κ2) is 23.2. The minimum atomic E-state index is 0. The van der Waals surface area contributed by atoms with Gasteiger partial charge in [0, 0.05) is 71.4 Å². The Balaban J connectivity index is 0. The summed E-state index contributed by atoms with van der Waals surface area (Å²) in [6.07, 6.45) is 9.21. The van der Waals surface area contributed by atoms with Gasteiger partial charge in [0.15, 0.2) is 0 Å². The molecule has 42 heavy (non-hydrogen) atoms. The second-order valence-electron chi connectivity index (χ2n) is 6.80. The molecule has 0 N–H and O–H groups in total. The van der Waals surface area contributed by atoms with E-state index in [-0.39, 0.29) is 34.1 Å². The van der Waals surface area contributed by atoms with E-state index in [9.17, 15) is 0 Å². The van der Waals surface area contributed by atoms with Crippen LogP contribution in [0, 0.1) is 46.1 Å². The number of benzene rings is 2. The van der Waals surface area contributed by atoms with Crippen molar-refractivity contribution in [3.05, 3.63) is 97.6 Å². The molecule has 0 aliphatic carbocycles. The number of hydrogen-bond acceptors (Lipinski definition) is 12. The fraction of sp³-hybridized carbons (Fsp3) is 0. The zero-order chi connectivity index (χ0) is 29.6. The summed E-state index contributed by atoms with van der Waals surface area (Å²) >= 11 is 0. The summed E-state index contributed by atoms with van der Waals surface area (Å²) in [4.78, 5) is 17.4. The maximum Gasteiger partial charge on any atom is 2.00 e. The van der Waals surface area contributed by atoms with E-state index in [1.165, 1.54) is 0 Å². The van der Waals surface area contributed by atoms with Gasteiger partial charge < -0.3 is 20.4 Å². The molecule has 12 nitrogen and oxygen atoms in total. The Hall–Kier alpha value is -5.72. The predicted molar refractivity (Wildman–Crippen MR) is 137 cm³/mol. The van der Waals surface area contributed by atoms with E-state index in [2.05, 4.69) is 68.5 Å². The number of aromatic nitrogens is 4. The van der Waals surface area contributed by atoms with Gasteiger partial charge in [0.25, 0.3) is 0 Å². The summed E-state index contributed by atoms with van der Waals surface area (Å²) in [6, 6.07) is 24.3. The third-order valence-corrected chi connectivity index (χ3v) is 4.69. The Labute approximate surface area is 261 Å². The molecule has 2 radical (unpaired) electrons. The quantitative estimate of drug-likeness (QED) is 0.126. The maximum absolute atomic E-state index is 8.24. The molecule has 0 aliphatic heterocycles. The molecule has 0 bridgehead atoms. The van der Waals surface area contributed by atoms with Gasteiger partial charge in [-0.25, -0.2) is 21.0 Å². The van der Waals surface area contributed by atoms with Crippen molar-refractivity contribution in [1.29, 1.82) is 21.0 Å². The number of hydrogen-bond donors (Lipinski definition) is 0. The fourth-order valence-corrected chi connectivity index (χ4v) is 3.36. The summed E-state index contributed by atoms with van der Waals surface area (Å²) in [7, 11) is 0. The van der Waals surface area contributed by atoms with Gasteiger partial charge in [0.2, 0.25) is 0 Å².